The van der Waals surface area contributed by atoms with Gasteiger partial charge < -0.3 is 10.3 Å². The summed E-state index contributed by atoms with van der Waals surface area (Å²) in [6.07, 6.45) is 1.55. The molecule has 0 aliphatic heterocycles. The molecular formula is C18H11ClFN3O. The molecule has 0 spiro atoms. The Hall–Kier alpha value is -2.92. The molecule has 118 valence electrons. The van der Waals surface area contributed by atoms with E-state index in [9.17, 15) is 9.18 Å². The fourth-order valence-corrected chi connectivity index (χ4v) is 2.97. The third-order valence-electron chi connectivity index (χ3n) is 3.85. The van der Waals surface area contributed by atoms with E-state index >= 15 is 0 Å². The molecule has 0 atom stereocenters. The topological polar surface area (TPSA) is 57.8 Å². The van der Waals surface area contributed by atoms with Gasteiger partial charge in [-0.05, 0) is 24.3 Å². The van der Waals surface area contributed by atoms with E-state index in [4.69, 9.17) is 11.6 Å². The molecule has 2 heterocycles. The van der Waals surface area contributed by atoms with Gasteiger partial charge in [-0.3, -0.25) is 4.79 Å². The minimum Gasteiger partial charge on any atom is -0.351 e. The van der Waals surface area contributed by atoms with Crippen LogP contribution in [0.2, 0.25) is 5.02 Å². The maximum Gasteiger partial charge on any atom is 0.257 e. The predicted octanol–water partition coefficient (Wildman–Crippen LogP) is 4.61. The van der Waals surface area contributed by atoms with Crippen molar-refractivity contribution in [2.75, 3.05) is 5.32 Å². The van der Waals surface area contributed by atoms with E-state index in [1.54, 1.807) is 36.5 Å². The molecule has 4 aromatic rings. The number of pyridine rings is 2. The number of nitrogens with zero attached hydrogens (tertiary/aromatic N) is 1. The average molecular weight is 340 g/mol. The first kappa shape index (κ1) is 14.7. The third-order valence-corrected chi connectivity index (χ3v) is 4.16. The van der Waals surface area contributed by atoms with Gasteiger partial charge in [0, 0.05) is 22.4 Å². The van der Waals surface area contributed by atoms with Crippen LogP contribution in [0, 0.1) is 5.82 Å². The molecule has 0 fully saturated rings. The van der Waals surface area contributed by atoms with Gasteiger partial charge >= 0.3 is 0 Å². The number of para-hydroxylation sites is 1. The molecule has 0 saturated carbocycles. The van der Waals surface area contributed by atoms with Crippen LogP contribution in [0.1, 0.15) is 0 Å². The number of hydrogen-bond donors (Lipinski definition) is 2. The number of rotatable bonds is 2. The lowest BCUT2D eigenvalue weighted by atomic mass is 10.1. The first-order valence-electron chi connectivity index (χ1n) is 7.26. The van der Waals surface area contributed by atoms with Crippen molar-refractivity contribution in [2.24, 2.45) is 0 Å². The SMILES string of the molecule is O=c1[nH]c2nccc(Nc3c(F)cccc3Cl)c2c2ccccc12. The Morgan fingerprint density at radius 2 is 1.83 bits per heavy atom. The van der Waals surface area contributed by atoms with E-state index in [0.29, 0.717) is 22.1 Å². The van der Waals surface area contributed by atoms with Gasteiger partial charge in [0.25, 0.3) is 5.56 Å². The Morgan fingerprint density at radius 3 is 2.62 bits per heavy atom. The second-order valence-corrected chi connectivity index (χ2v) is 5.71. The van der Waals surface area contributed by atoms with Crippen LogP contribution in [0.15, 0.2) is 59.5 Å². The largest absolute Gasteiger partial charge is 0.351 e. The second-order valence-electron chi connectivity index (χ2n) is 5.30. The molecule has 0 amide bonds. The van der Waals surface area contributed by atoms with Gasteiger partial charge in [-0.1, -0.05) is 35.9 Å². The third kappa shape index (κ3) is 2.30. The van der Waals surface area contributed by atoms with Crippen LogP contribution in [0.4, 0.5) is 15.8 Å². The highest BCUT2D eigenvalue weighted by Crippen LogP contribution is 2.33. The van der Waals surface area contributed by atoms with Crippen molar-refractivity contribution in [2.45, 2.75) is 0 Å². The summed E-state index contributed by atoms with van der Waals surface area (Å²) >= 11 is 6.10. The maximum absolute atomic E-state index is 14.1. The minimum atomic E-state index is -0.457. The summed E-state index contributed by atoms with van der Waals surface area (Å²) < 4.78 is 14.1. The summed E-state index contributed by atoms with van der Waals surface area (Å²) in [6.45, 7) is 0. The van der Waals surface area contributed by atoms with Crippen LogP contribution in [0.25, 0.3) is 21.8 Å². The van der Waals surface area contributed by atoms with Crippen molar-refractivity contribution in [1.82, 2.24) is 9.97 Å². The average Bonchev–Trinajstić information content (AvgIpc) is 2.58. The quantitative estimate of drug-likeness (QED) is 0.524. The fraction of sp³-hybridized carbons (Fsp3) is 0. The van der Waals surface area contributed by atoms with Crippen LogP contribution in [0.5, 0.6) is 0 Å². The zero-order valence-electron chi connectivity index (χ0n) is 12.3. The smallest absolute Gasteiger partial charge is 0.257 e. The molecule has 0 unspecified atom stereocenters. The normalized spacial score (nSPS) is 11.1. The van der Waals surface area contributed by atoms with Gasteiger partial charge in [-0.15, -0.1) is 0 Å². The van der Waals surface area contributed by atoms with Crippen molar-refractivity contribution in [3.63, 3.8) is 0 Å². The summed E-state index contributed by atoms with van der Waals surface area (Å²) in [5.41, 5.74) is 1.00. The summed E-state index contributed by atoms with van der Waals surface area (Å²) in [4.78, 5) is 19.1. The van der Waals surface area contributed by atoms with Gasteiger partial charge in [0.05, 0.1) is 16.4 Å². The van der Waals surface area contributed by atoms with Crippen LogP contribution in [-0.2, 0) is 0 Å². The van der Waals surface area contributed by atoms with Crippen molar-refractivity contribution < 1.29 is 4.39 Å². The minimum absolute atomic E-state index is 0.182. The summed E-state index contributed by atoms with van der Waals surface area (Å²) in [6, 6.07) is 13.4. The van der Waals surface area contributed by atoms with Gasteiger partial charge in [-0.25, -0.2) is 9.37 Å². The lowest BCUT2D eigenvalue weighted by molar-refractivity contribution is 0.632. The van der Waals surface area contributed by atoms with E-state index in [2.05, 4.69) is 15.3 Å². The standard InChI is InChI=1S/C18H11ClFN3O/c19-12-6-3-7-13(20)16(12)22-14-8-9-21-17-15(14)10-4-1-2-5-11(10)18(24)23-17/h1-9H,(H2,21,22,23,24). The fourth-order valence-electron chi connectivity index (χ4n) is 2.76. The Labute approximate surface area is 140 Å². The van der Waals surface area contributed by atoms with Crippen molar-refractivity contribution in [3.8, 4) is 0 Å². The number of aromatic amines is 1. The lowest BCUT2D eigenvalue weighted by Gasteiger charge is -2.13. The molecule has 2 N–H and O–H groups in total. The predicted molar refractivity (Wildman–Crippen MR) is 94.6 cm³/mol. The Morgan fingerprint density at radius 1 is 1.04 bits per heavy atom. The molecule has 0 bridgehead atoms. The Kier molecular flexibility index (Phi) is 3.43. The molecule has 4 rings (SSSR count). The molecule has 0 aliphatic rings. The van der Waals surface area contributed by atoms with E-state index in [-0.39, 0.29) is 16.3 Å². The molecule has 6 heteroatoms. The number of anilines is 2. The number of fused-ring (bicyclic) bond motifs is 3. The number of nitrogens with one attached hydrogen (secondary N) is 2. The van der Waals surface area contributed by atoms with Crippen molar-refractivity contribution in [1.29, 1.82) is 0 Å². The first-order valence-corrected chi connectivity index (χ1v) is 7.64. The van der Waals surface area contributed by atoms with Gasteiger partial charge in [0.2, 0.25) is 0 Å². The zero-order valence-corrected chi connectivity index (χ0v) is 13.1. The summed E-state index contributed by atoms with van der Waals surface area (Å²) in [5.74, 6) is -0.457. The van der Waals surface area contributed by atoms with Crippen LogP contribution >= 0.6 is 11.6 Å². The van der Waals surface area contributed by atoms with E-state index in [1.807, 2.05) is 12.1 Å². The Bertz CT molecular complexity index is 1120. The maximum atomic E-state index is 14.1. The first-order chi connectivity index (χ1) is 11.6. The summed E-state index contributed by atoms with van der Waals surface area (Å²) in [5, 5.41) is 5.28. The van der Waals surface area contributed by atoms with Crippen LogP contribution < -0.4 is 10.9 Å². The van der Waals surface area contributed by atoms with E-state index in [1.165, 1.54) is 6.07 Å². The number of benzene rings is 2. The molecule has 2 aromatic carbocycles. The second kappa shape index (κ2) is 5.62. The molecule has 0 saturated heterocycles. The molecule has 2 aromatic heterocycles. The monoisotopic (exact) mass is 339 g/mol. The Balaban J connectivity index is 2.03. The molecule has 0 radical (unpaired) electrons. The number of H-pyrrole nitrogens is 1. The van der Waals surface area contributed by atoms with Gasteiger partial charge in [0.15, 0.2) is 0 Å². The number of hydrogen-bond acceptors (Lipinski definition) is 3. The molecule has 4 nitrogen and oxygen atoms in total. The lowest BCUT2D eigenvalue weighted by Crippen LogP contribution is -2.08. The van der Waals surface area contributed by atoms with Gasteiger partial charge in [-0.2, -0.15) is 0 Å². The van der Waals surface area contributed by atoms with Crippen molar-refractivity contribution in [3.05, 3.63) is 75.9 Å². The number of halogens is 2. The number of aromatic nitrogens is 2. The van der Waals surface area contributed by atoms with Crippen LogP contribution in [-0.4, -0.2) is 9.97 Å². The van der Waals surface area contributed by atoms with Crippen LogP contribution in [0.3, 0.4) is 0 Å². The highest BCUT2D eigenvalue weighted by molar-refractivity contribution is 6.33. The summed E-state index contributed by atoms with van der Waals surface area (Å²) in [7, 11) is 0. The van der Waals surface area contributed by atoms with Gasteiger partial charge in [0.1, 0.15) is 11.5 Å². The van der Waals surface area contributed by atoms with Crippen molar-refractivity contribution >= 4 is 44.8 Å². The molecule has 24 heavy (non-hydrogen) atoms. The highest BCUT2D eigenvalue weighted by atomic mass is 35.5. The molecular weight excluding hydrogens is 329 g/mol. The van der Waals surface area contributed by atoms with E-state index in [0.717, 1.165) is 5.39 Å². The highest BCUT2D eigenvalue weighted by Gasteiger charge is 2.13. The molecule has 0 aliphatic carbocycles. The van der Waals surface area contributed by atoms with E-state index < -0.39 is 5.82 Å². The zero-order chi connectivity index (χ0) is 16.7.